The fourth-order valence-corrected chi connectivity index (χ4v) is 2.92. The maximum Gasteiger partial charge on any atom is 0.219 e. The van der Waals surface area contributed by atoms with Crippen molar-refractivity contribution in [2.45, 2.75) is 26.2 Å². The zero-order chi connectivity index (χ0) is 16.5. The van der Waals surface area contributed by atoms with Gasteiger partial charge in [0.2, 0.25) is 5.91 Å². The third kappa shape index (κ3) is 5.43. The van der Waals surface area contributed by atoms with Crippen molar-refractivity contribution in [2.75, 3.05) is 51.3 Å². The fraction of sp³-hybridized carbons (Fsp3) is 0.611. The third-order valence-corrected chi connectivity index (χ3v) is 4.34. The van der Waals surface area contributed by atoms with E-state index in [1.807, 2.05) is 19.1 Å². The minimum absolute atomic E-state index is 0.149. The molecule has 5 heteroatoms. The Kier molecular flexibility index (Phi) is 7.20. The van der Waals surface area contributed by atoms with Crippen molar-refractivity contribution < 1.29 is 9.53 Å². The van der Waals surface area contributed by atoms with E-state index < -0.39 is 0 Å². The van der Waals surface area contributed by atoms with Gasteiger partial charge in [-0.25, -0.2) is 0 Å². The number of para-hydroxylation sites is 2. The summed E-state index contributed by atoms with van der Waals surface area (Å²) in [5.41, 5.74) is 1.19. The number of hydrogen-bond donors (Lipinski definition) is 1. The maximum absolute atomic E-state index is 11.2. The first-order valence-corrected chi connectivity index (χ1v) is 8.61. The number of carbonyl (C=O) groups excluding carboxylic acids is 1. The van der Waals surface area contributed by atoms with E-state index in [2.05, 4.69) is 27.2 Å². The molecule has 0 bridgehead atoms. The third-order valence-electron chi connectivity index (χ3n) is 4.34. The molecule has 23 heavy (non-hydrogen) atoms. The van der Waals surface area contributed by atoms with Gasteiger partial charge in [0.1, 0.15) is 5.75 Å². The Bertz CT molecular complexity index is 485. The van der Waals surface area contributed by atoms with Gasteiger partial charge in [-0.15, -0.1) is 0 Å². The molecule has 1 aromatic carbocycles. The van der Waals surface area contributed by atoms with Crippen molar-refractivity contribution >= 4 is 11.6 Å². The van der Waals surface area contributed by atoms with Crippen molar-refractivity contribution in [3.05, 3.63) is 24.3 Å². The van der Waals surface area contributed by atoms with Crippen molar-refractivity contribution in [2.24, 2.45) is 0 Å². The number of piperazine rings is 1. The molecular formula is C18H29N3O2. The highest BCUT2D eigenvalue weighted by atomic mass is 16.5. The SMILES string of the molecule is CCC(=O)NCCCCN1CCN(c2ccccc2OC)CC1. The number of rotatable bonds is 8. The summed E-state index contributed by atoms with van der Waals surface area (Å²) < 4.78 is 5.46. The molecule has 1 N–H and O–H groups in total. The lowest BCUT2D eigenvalue weighted by molar-refractivity contribution is -0.120. The van der Waals surface area contributed by atoms with Gasteiger partial charge in [0.25, 0.3) is 0 Å². The molecule has 1 saturated heterocycles. The lowest BCUT2D eigenvalue weighted by Gasteiger charge is -2.36. The molecule has 128 valence electrons. The van der Waals surface area contributed by atoms with Crippen LogP contribution < -0.4 is 15.0 Å². The van der Waals surface area contributed by atoms with Crippen LogP contribution in [-0.2, 0) is 4.79 Å². The number of carbonyl (C=O) groups is 1. The first-order valence-electron chi connectivity index (χ1n) is 8.61. The molecule has 1 aliphatic rings. The molecule has 0 saturated carbocycles. The Labute approximate surface area is 139 Å². The van der Waals surface area contributed by atoms with Crippen LogP contribution in [0.15, 0.2) is 24.3 Å². The minimum Gasteiger partial charge on any atom is -0.495 e. The number of amides is 1. The van der Waals surface area contributed by atoms with Gasteiger partial charge in [0, 0.05) is 39.1 Å². The molecule has 2 rings (SSSR count). The van der Waals surface area contributed by atoms with E-state index in [4.69, 9.17) is 4.74 Å². The Hall–Kier alpha value is -1.75. The molecule has 1 aromatic rings. The summed E-state index contributed by atoms with van der Waals surface area (Å²) >= 11 is 0. The summed E-state index contributed by atoms with van der Waals surface area (Å²) in [6.07, 6.45) is 2.77. The molecule has 1 fully saturated rings. The highest BCUT2D eigenvalue weighted by Gasteiger charge is 2.18. The highest BCUT2D eigenvalue weighted by molar-refractivity contribution is 5.75. The number of unbranched alkanes of at least 4 members (excludes halogenated alkanes) is 1. The van der Waals surface area contributed by atoms with Gasteiger partial charge in [0.15, 0.2) is 0 Å². The summed E-state index contributed by atoms with van der Waals surface area (Å²) in [6.45, 7) is 8.03. The van der Waals surface area contributed by atoms with Crippen LogP contribution in [0, 0.1) is 0 Å². The lowest BCUT2D eigenvalue weighted by Crippen LogP contribution is -2.46. The van der Waals surface area contributed by atoms with Crippen molar-refractivity contribution in [3.63, 3.8) is 0 Å². The molecule has 1 aliphatic heterocycles. The Morgan fingerprint density at radius 3 is 2.61 bits per heavy atom. The largest absolute Gasteiger partial charge is 0.495 e. The van der Waals surface area contributed by atoms with Crippen LogP contribution in [0.25, 0.3) is 0 Å². The molecule has 0 unspecified atom stereocenters. The van der Waals surface area contributed by atoms with Gasteiger partial charge in [-0.1, -0.05) is 19.1 Å². The molecular weight excluding hydrogens is 290 g/mol. The highest BCUT2D eigenvalue weighted by Crippen LogP contribution is 2.28. The summed E-state index contributed by atoms with van der Waals surface area (Å²) in [5, 5.41) is 2.93. The minimum atomic E-state index is 0.149. The predicted octanol–water partition coefficient (Wildman–Crippen LogP) is 2.12. The first kappa shape index (κ1) is 17.6. The molecule has 0 aliphatic carbocycles. The van der Waals surface area contributed by atoms with Crippen LogP contribution in [0.5, 0.6) is 5.75 Å². The van der Waals surface area contributed by atoms with Crippen LogP contribution in [-0.4, -0.2) is 57.2 Å². The van der Waals surface area contributed by atoms with Crippen LogP contribution in [0.4, 0.5) is 5.69 Å². The van der Waals surface area contributed by atoms with Gasteiger partial charge in [0.05, 0.1) is 12.8 Å². The molecule has 1 heterocycles. The summed E-state index contributed by atoms with van der Waals surface area (Å²) in [5.74, 6) is 1.10. The average molecular weight is 319 g/mol. The lowest BCUT2D eigenvalue weighted by atomic mass is 10.2. The van der Waals surface area contributed by atoms with Gasteiger partial charge in [-0.05, 0) is 31.5 Å². The number of benzene rings is 1. The smallest absolute Gasteiger partial charge is 0.219 e. The topological polar surface area (TPSA) is 44.8 Å². The van der Waals surface area contributed by atoms with E-state index in [1.54, 1.807) is 7.11 Å². The van der Waals surface area contributed by atoms with Crippen LogP contribution in [0.3, 0.4) is 0 Å². The summed E-state index contributed by atoms with van der Waals surface area (Å²) in [7, 11) is 1.73. The van der Waals surface area contributed by atoms with Gasteiger partial charge >= 0.3 is 0 Å². The standard InChI is InChI=1S/C18H29N3O2/c1-3-18(22)19-10-6-7-11-20-12-14-21(15-13-20)16-8-4-5-9-17(16)23-2/h4-5,8-9H,3,6-7,10-15H2,1-2H3,(H,19,22). The van der Waals surface area contributed by atoms with E-state index in [0.717, 1.165) is 57.9 Å². The molecule has 5 nitrogen and oxygen atoms in total. The Morgan fingerprint density at radius 1 is 1.17 bits per heavy atom. The normalized spacial score (nSPS) is 15.5. The quantitative estimate of drug-likeness (QED) is 0.746. The molecule has 1 amide bonds. The Balaban J connectivity index is 1.67. The zero-order valence-corrected chi connectivity index (χ0v) is 14.4. The zero-order valence-electron chi connectivity index (χ0n) is 14.4. The van der Waals surface area contributed by atoms with Crippen molar-refractivity contribution in [1.82, 2.24) is 10.2 Å². The second-order valence-corrected chi connectivity index (χ2v) is 5.91. The Morgan fingerprint density at radius 2 is 1.91 bits per heavy atom. The van der Waals surface area contributed by atoms with Crippen LogP contribution >= 0.6 is 0 Å². The van der Waals surface area contributed by atoms with Gasteiger partial charge in [-0.2, -0.15) is 0 Å². The summed E-state index contributed by atoms with van der Waals surface area (Å²) in [6, 6.07) is 8.22. The van der Waals surface area contributed by atoms with Crippen LogP contribution in [0.1, 0.15) is 26.2 Å². The van der Waals surface area contributed by atoms with Crippen molar-refractivity contribution in [1.29, 1.82) is 0 Å². The number of nitrogens with zero attached hydrogens (tertiary/aromatic N) is 2. The maximum atomic E-state index is 11.2. The van der Waals surface area contributed by atoms with E-state index in [9.17, 15) is 4.79 Å². The van der Waals surface area contributed by atoms with E-state index in [1.165, 1.54) is 5.69 Å². The second-order valence-electron chi connectivity index (χ2n) is 5.91. The fourth-order valence-electron chi connectivity index (χ4n) is 2.92. The van der Waals surface area contributed by atoms with Gasteiger partial charge < -0.3 is 15.0 Å². The number of anilines is 1. The first-order chi connectivity index (χ1) is 11.2. The number of ether oxygens (including phenoxy) is 1. The molecule has 0 radical (unpaired) electrons. The van der Waals surface area contributed by atoms with E-state index >= 15 is 0 Å². The monoisotopic (exact) mass is 319 g/mol. The number of hydrogen-bond acceptors (Lipinski definition) is 4. The van der Waals surface area contributed by atoms with E-state index in [-0.39, 0.29) is 5.91 Å². The number of nitrogens with one attached hydrogen (secondary N) is 1. The molecule has 0 spiro atoms. The van der Waals surface area contributed by atoms with Crippen LogP contribution in [0.2, 0.25) is 0 Å². The molecule has 0 aromatic heterocycles. The summed E-state index contributed by atoms with van der Waals surface area (Å²) in [4.78, 5) is 16.1. The second kappa shape index (κ2) is 9.40. The predicted molar refractivity (Wildman–Crippen MR) is 94.2 cm³/mol. The molecule has 0 atom stereocenters. The van der Waals surface area contributed by atoms with Gasteiger partial charge in [-0.3, -0.25) is 9.69 Å². The number of methoxy groups -OCH3 is 1. The van der Waals surface area contributed by atoms with Crippen molar-refractivity contribution in [3.8, 4) is 5.75 Å². The average Bonchev–Trinajstić information content (AvgIpc) is 2.61. The van der Waals surface area contributed by atoms with E-state index in [0.29, 0.717) is 6.42 Å².